The summed E-state index contributed by atoms with van der Waals surface area (Å²) in [6, 6.07) is 19.3. The van der Waals surface area contributed by atoms with E-state index in [0.717, 1.165) is 20.6 Å². The Morgan fingerprint density at radius 3 is 2.55 bits per heavy atom. The molecule has 42 heavy (non-hydrogen) atoms. The van der Waals surface area contributed by atoms with Gasteiger partial charge in [0.05, 0.1) is 17.4 Å². The summed E-state index contributed by atoms with van der Waals surface area (Å²) >= 11 is 2.69. The number of anilines is 1. The Balaban J connectivity index is 0.00000353. The van der Waals surface area contributed by atoms with Crippen LogP contribution < -0.4 is 44.9 Å². The summed E-state index contributed by atoms with van der Waals surface area (Å²) in [4.78, 5) is 54.5. The maximum atomic E-state index is 13.0. The van der Waals surface area contributed by atoms with Gasteiger partial charge in [0, 0.05) is 28.5 Å². The average molecular weight is 610 g/mol. The maximum absolute atomic E-state index is 13.0. The van der Waals surface area contributed by atoms with E-state index in [2.05, 4.69) is 5.32 Å². The zero-order valence-corrected chi connectivity index (χ0v) is 26.2. The number of carbonyl (C=O) groups excluding carboxylic acids is 4. The summed E-state index contributed by atoms with van der Waals surface area (Å²) < 4.78 is 0. The van der Waals surface area contributed by atoms with Gasteiger partial charge in [0.15, 0.2) is 0 Å². The van der Waals surface area contributed by atoms with Crippen molar-refractivity contribution in [2.75, 3.05) is 23.0 Å². The van der Waals surface area contributed by atoms with Gasteiger partial charge in [-0.2, -0.15) is 0 Å². The SMILES string of the molecule is O=C(CSc1ccc2ccccc2c1)N[C@@H]1C(=O)N2C(C(=O)[O-])=C(/C=C3\CCN(c4ccc(O)cc4)C3=O)CS[C@H]12.[Na+]. The minimum atomic E-state index is -1.51. The molecule has 2 fully saturated rings. The van der Waals surface area contributed by atoms with Crippen LogP contribution in [0.5, 0.6) is 5.75 Å². The zero-order chi connectivity index (χ0) is 28.7. The topological polar surface area (TPSA) is 130 Å². The molecule has 0 aliphatic carbocycles. The van der Waals surface area contributed by atoms with Crippen molar-refractivity contribution in [2.24, 2.45) is 0 Å². The van der Waals surface area contributed by atoms with Crippen LogP contribution in [0.1, 0.15) is 6.42 Å². The molecule has 3 amide bonds. The first-order valence-electron chi connectivity index (χ1n) is 12.9. The third kappa shape index (κ3) is 5.84. The van der Waals surface area contributed by atoms with E-state index in [1.165, 1.54) is 41.7 Å². The van der Waals surface area contributed by atoms with E-state index in [-0.39, 0.29) is 64.3 Å². The average Bonchev–Trinajstić information content (AvgIpc) is 3.34. The normalized spacial score (nSPS) is 20.8. The Labute approximate surface area is 272 Å². The molecule has 0 spiro atoms. The number of amides is 3. The van der Waals surface area contributed by atoms with Gasteiger partial charge in [-0.3, -0.25) is 19.3 Å². The van der Waals surface area contributed by atoms with E-state index < -0.39 is 23.3 Å². The summed E-state index contributed by atoms with van der Waals surface area (Å²) in [6.45, 7) is 0.410. The molecule has 3 aromatic carbocycles. The minimum absolute atomic E-state index is 0. The number of fused-ring (bicyclic) bond motifs is 2. The minimum Gasteiger partial charge on any atom is -0.543 e. The number of nitrogens with one attached hydrogen (secondary N) is 1. The van der Waals surface area contributed by atoms with Crippen molar-refractivity contribution in [3.8, 4) is 5.75 Å². The number of phenolic OH excluding ortho intramolecular Hbond substituents is 1. The largest absolute Gasteiger partial charge is 1.00 e. The van der Waals surface area contributed by atoms with Gasteiger partial charge in [0.1, 0.15) is 17.2 Å². The van der Waals surface area contributed by atoms with Gasteiger partial charge < -0.3 is 25.2 Å². The standard InChI is InChI=1S/C30H25N3O6S2.Na/c34-22-8-6-21(7-9-22)32-12-11-19(27(32)36)13-20-15-41-29-25(28(37)33(29)26(20)30(38)39)31-24(35)16-40-23-10-5-17-3-1-2-4-18(17)14-23;/h1-10,13-14,25,29,34H,11-12,15-16H2,(H,31,35)(H,38,39);/q;+1/p-1/b19-13+;/t25-,29-;/m1./s1. The number of phenols is 1. The summed E-state index contributed by atoms with van der Waals surface area (Å²) in [5.41, 5.74) is 1.11. The van der Waals surface area contributed by atoms with Crippen LogP contribution in [0.25, 0.3) is 10.8 Å². The molecule has 0 unspecified atom stereocenters. The molecular formula is C30H24N3NaO6S2. The van der Waals surface area contributed by atoms with Crippen LogP contribution in [0, 0.1) is 0 Å². The third-order valence-electron chi connectivity index (χ3n) is 7.23. The van der Waals surface area contributed by atoms with Crippen LogP contribution in [0.3, 0.4) is 0 Å². The fraction of sp³-hybridized carbons (Fsp3) is 0.200. The summed E-state index contributed by atoms with van der Waals surface area (Å²) in [5, 5.41) is 26.0. The molecule has 2 atom stereocenters. The smallest absolute Gasteiger partial charge is 0.543 e. The van der Waals surface area contributed by atoms with Gasteiger partial charge in [0.25, 0.3) is 11.8 Å². The van der Waals surface area contributed by atoms with Crippen molar-refractivity contribution >= 4 is 63.7 Å². The first kappa shape index (κ1) is 30.2. The van der Waals surface area contributed by atoms with Crippen molar-refractivity contribution in [1.82, 2.24) is 10.2 Å². The second-order valence-electron chi connectivity index (χ2n) is 9.81. The molecule has 0 saturated carbocycles. The number of hydrogen-bond acceptors (Lipinski definition) is 8. The maximum Gasteiger partial charge on any atom is 1.00 e. The van der Waals surface area contributed by atoms with E-state index in [1.807, 2.05) is 42.5 Å². The van der Waals surface area contributed by atoms with Crippen molar-refractivity contribution in [2.45, 2.75) is 22.7 Å². The Kier molecular flexibility index (Phi) is 9.05. The molecule has 3 aromatic rings. The molecule has 9 nitrogen and oxygen atoms in total. The molecule has 0 aromatic heterocycles. The van der Waals surface area contributed by atoms with Crippen LogP contribution >= 0.6 is 23.5 Å². The van der Waals surface area contributed by atoms with E-state index in [9.17, 15) is 29.4 Å². The molecule has 2 saturated heterocycles. The number of β-lactam (4-membered cyclic amide) rings is 1. The van der Waals surface area contributed by atoms with Crippen LogP contribution in [0.15, 0.2) is 94.5 Å². The van der Waals surface area contributed by atoms with Crippen molar-refractivity contribution in [3.63, 3.8) is 0 Å². The van der Waals surface area contributed by atoms with Crippen LogP contribution in [-0.2, 0) is 19.2 Å². The fourth-order valence-corrected chi connectivity index (χ4v) is 7.26. The zero-order valence-electron chi connectivity index (χ0n) is 22.6. The van der Waals surface area contributed by atoms with Crippen molar-refractivity contribution in [1.29, 1.82) is 0 Å². The predicted molar refractivity (Wildman–Crippen MR) is 155 cm³/mol. The molecule has 2 N–H and O–H groups in total. The summed E-state index contributed by atoms with van der Waals surface area (Å²) in [6.07, 6.45) is 1.94. The Morgan fingerprint density at radius 1 is 1.07 bits per heavy atom. The van der Waals surface area contributed by atoms with Gasteiger partial charge >= 0.3 is 29.6 Å². The molecule has 6 rings (SSSR count). The molecule has 0 radical (unpaired) electrons. The quantitative estimate of drug-likeness (QED) is 0.157. The Bertz CT molecular complexity index is 1660. The molecular weight excluding hydrogens is 585 g/mol. The molecule has 208 valence electrons. The van der Waals surface area contributed by atoms with E-state index in [0.29, 0.717) is 29.8 Å². The summed E-state index contributed by atoms with van der Waals surface area (Å²) in [5.74, 6) is -2.17. The van der Waals surface area contributed by atoms with Crippen molar-refractivity contribution < 1.29 is 58.9 Å². The van der Waals surface area contributed by atoms with E-state index in [4.69, 9.17) is 0 Å². The predicted octanol–water partition coefficient (Wildman–Crippen LogP) is -0.591. The van der Waals surface area contributed by atoms with Gasteiger partial charge in [-0.15, -0.1) is 23.5 Å². The third-order valence-corrected chi connectivity index (χ3v) is 9.53. The van der Waals surface area contributed by atoms with Crippen LogP contribution in [0.4, 0.5) is 5.69 Å². The number of aromatic hydroxyl groups is 1. The molecule has 0 bridgehead atoms. The van der Waals surface area contributed by atoms with Crippen LogP contribution in [0.2, 0.25) is 0 Å². The second kappa shape index (κ2) is 12.6. The number of aliphatic carboxylic acids is 1. The van der Waals surface area contributed by atoms with E-state index >= 15 is 0 Å². The van der Waals surface area contributed by atoms with Gasteiger partial charge in [-0.05, 0) is 65.2 Å². The van der Waals surface area contributed by atoms with Gasteiger partial charge in [-0.1, -0.05) is 30.3 Å². The molecule has 12 heteroatoms. The Hall–Kier alpha value is -3.22. The number of carboxylic acids is 1. The molecule has 3 aliphatic rings. The molecule has 3 aliphatic heterocycles. The Morgan fingerprint density at radius 2 is 1.81 bits per heavy atom. The summed E-state index contributed by atoms with van der Waals surface area (Å²) in [7, 11) is 0. The fourth-order valence-electron chi connectivity index (χ4n) is 5.20. The number of carbonyl (C=O) groups is 4. The number of benzene rings is 3. The van der Waals surface area contributed by atoms with Gasteiger partial charge in [-0.25, -0.2) is 0 Å². The second-order valence-corrected chi connectivity index (χ2v) is 12.0. The number of nitrogens with zero attached hydrogens (tertiary/aromatic N) is 2. The number of carboxylic acid groups (broad SMARTS) is 1. The van der Waals surface area contributed by atoms with Crippen molar-refractivity contribution in [3.05, 3.63) is 89.6 Å². The number of thioether (sulfide) groups is 2. The van der Waals surface area contributed by atoms with Crippen LogP contribution in [-0.4, -0.2) is 63.2 Å². The number of allylic oxidation sites excluding steroid dienone is 1. The molecule has 3 heterocycles. The first-order valence-corrected chi connectivity index (χ1v) is 15.0. The first-order chi connectivity index (χ1) is 19.8. The van der Waals surface area contributed by atoms with E-state index in [1.54, 1.807) is 17.0 Å². The number of rotatable bonds is 7. The monoisotopic (exact) mass is 609 g/mol. The van der Waals surface area contributed by atoms with Gasteiger partial charge in [0.2, 0.25) is 5.91 Å². The number of hydrogen-bond donors (Lipinski definition) is 2.